The summed E-state index contributed by atoms with van der Waals surface area (Å²) >= 11 is 0. The van der Waals surface area contributed by atoms with Gasteiger partial charge >= 0.3 is 0 Å². The van der Waals surface area contributed by atoms with Crippen molar-refractivity contribution in [2.24, 2.45) is 0 Å². The van der Waals surface area contributed by atoms with Gasteiger partial charge in [0.25, 0.3) is 0 Å². The van der Waals surface area contributed by atoms with E-state index in [4.69, 9.17) is 18.9 Å². The number of benzene rings is 2. The minimum Gasteiger partial charge on any atom is -0.497 e. The maximum absolute atomic E-state index is 13.1. The van der Waals surface area contributed by atoms with E-state index >= 15 is 0 Å². The molecule has 0 radical (unpaired) electrons. The second-order valence-corrected chi connectivity index (χ2v) is 6.14. The monoisotopic (exact) mass is 358 g/mol. The molecule has 2 unspecified atom stereocenters. The van der Waals surface area contributed by atoms with Crippen LogP contribution in [-0.4, -0.2) is 34.2 Å². The number of carbonyl (C=O) groups excluding carboxylic acids is 1. The summed E-state index contributed by atoms with van der Waals surface area (Å²) in [5.41, 5.74) is 1.71. The van der Waals surface area contributed by atoms with Crippen molar-refractivity contribution in [3.8, 4) is 23.0 Å². The molecule has 0 amide bonds. The molecule has 140 valence electrons. The fourth-order valence-electron chi connectivity index (χ4n) is 2.86. The normalized spacial score (nSPS) is 12.8. The van der Waals surface area contributed by atoms with Gasteiger partial charge in [-0.2, -0.15) is 0 Å². The number of methoxy groups -OCH3 is 4. The molecule has 0 saturated carbocycles. The maximum atomic E-state index is 13.1. The van der Waals surface area contributed by atoms with Crippen molar-refractivity contribution in [2.75, 3.05) is 28.4 Å². The van der Waals surface area contributed by atoms with Gasteiger partial charge in [0.1, 0.15) is 28.8 Å². The Morgan fingerprint density at radius 2 is 0.885 bits per heavy atom. The van der Waals surface area contributed by atoms with Gasteiger partial charge < -0.3 is 18.9 Å². The van der Waals surface area contributed by atoms with Crippen LogP contribution >= 0.6 is 0 Å². The van der Waals surface area contributed by atoms with E-state index < -0.39 is 0 Å². The number of carbonyl (C=O) groups is 1. The molecular formula is C21H26O5. The topological polar surface area (TPSA) is 54.0 Å². The maximum Gasteiger partial charge on any atom is 0.147 e. The number of Topliss-reactive ketones (excluding diaryl/α,β-unsaturated/α-hetero) is 1. The average molecular weight is 358 g/mol. The van der Waals surface area contributed by atoms with Crippen molar-refractivity contribution in [2.45, 2.75) is 25.7 Å². The zero-order valence-corrected chi connectivity index (χ0v) is 16.2. The predicted octanol–water partition coefficient (Wildman–Crippen LogP) is 4.20. The molecule has 0 N–H and O–H groups in total. The Morgan fingerprint density at radius 3 is 1.12 bits per heavy atom. The van der Waals surface area contributed by atoms with Gasteiger partial charge in [-0.15, -0.1) is 0 Å². The van der Waals surface area contributed by atoms with E-state index in [2.05, 4.69) is 0 Å². The number of rotatable bonds is 8. The Kier molecular flexibility index (Phi) is 6.50. The van der Waals surface area contributed by atoms with Gasteiger partial charge in [0.15, 0.2) is 0 Å². The first kappa shape index (κ1) is 19.6. The van der Waals surface area contributed by atoms with Crippen molar-refractivity contribution in [1.29, 1.82) is 0 Å². The van der Waals surface area contributed by atoms with Crippen LogP contribution in [-0.2, 0) is 4.79 Å². The zero-order chi connectivity index (χ0) is 19.3. The lowest BCUT2D eigenvalue weighted by atomic mass is 9.85. The standard InChI is InChI=1S/C21H26O5/c1-13(15-7-17(23-3)11-18(8-15)24-4)21(22)14(2)16-9-19(25-5)12-20(10-16)26-6/h7-14H,1-6H3. The van der Waals surface area contributed by atoms with Crippen LogP contribution in [0.4, 0.5) is 0 Å². The van der Waals surface area contributed by atoms with Crippen LogP contribution in [0.15, 0.2) is 36.4 Å². The van der Waals surface area contributed by atoms with Crippen molar-refractivity contribution < 1.29 is 23.7 Å². The van der Waals surface area contributed by atoms with Crippen molar-refractivity contribution >= 4 is 5.78 Å². The second kappa shape index (κ2) is 8.61. The van der Waals surface area contributed by atoms with Gasteiger partial charge in [0, 0.05) is 24.0 Å². The fourth-order valence-corrected chi connectivity index (χ4v) is 2.86. The summed E-state index contributed by atoms with van der Waals surface area (Å²) in [6, 6.07) is 11.0. The lowest BCUT2D eigenvalue weighted by Gasteiger charge is -2.19. The molecule has 5 heteroatoms. The van der Waals surface area contributed by atoms with Gasteiger partial charge in [-0.3, -0.25) is 4.79 Å². The van der Waals surface area contributed by atoms with E-state index in [0.717, 1.165) is 11.1 Å². The van der Waals surface area contributed by atoms with Crippen LogP contribution in [0.25, 0.3) is 0 Å². The molecule has 2 rings (SSSR count). The van der Waals surface area contributed by atoms with Crippen molar-refractivity contribution in [3.05, 3.63) is 47.5 Å². The summed E-state index contributed by atoms with van der Waals surface area (Å²) in [5.74, 6) is 2.11. The Balaban J connectivity index is 2.33. The van der Waals surface area contributed by atoms with Gasteiger partial charge in [-0.25, -0.2) is 0 Å². The highest BCUT2D eigenvalue weighted by Crippen LogP contribution is 2.33. The third-order valence-corrected chi connectivity index (χ3v) is 4.60. The highest BCUT2D eigenvalue weighted by molar-refractivity contribution is 5.91. The van der Waals surface area contributed by atoms with E-state index in [1.807, 2.05) is 38.1 Å². The largest absolute Gasteiger partial charge is 0.497 e. The minimum atomic E-state index is -0.314. The van der Waals surface area contributed by atoms with Crippen LogP contribution in [0.2, 0.25) is 0 Å². The van der Waals surface area contributed by atoms with Crippen LogP contribution in [0.3, 0.4) is 0 Å². The number of ether oxygens (including phenoxy) is 4. The predicted molar refractivity (Wildman–Crippen MR) is 101 cm³/mol. The molecule has 26 heavy (non-hydrogen) atoms. The average Bonchev–Trinajstić information content (AvgIpc) is 2.70. The number of hydrogen-bond acceptors (Lipinski definition) is 5. The molecule has 0 saturated heterocycles. The van der Waals surface area contributed by atoms with Crippen LogP contribution in [0, 0.1) is 0 Å². The Bertz CT molecular complexity index is 661. The van der Waals surface area contributed by atoms with Crippen molar-refractivity contribution in [3.63, 3.8) is 0 Å². The SMILES string of the molecule is COc1cc(OC)cc(C(C)C(=O)C(C)c2cc(OC)cc(OC)c2)c1. The van der Waals surface area contributed by atoms with Crippen LogP contribution < -0.4 is 18.9 Å². The van der Waals surface area contributed by atoms with E-state index in [9.17, 15) is 4.79 Å². The highest BCUT2D eigenvalue weighted by Gasteiger charge is 2.24. The fraction of sp³-hybridized carbons (Fsp3) is 0.381. The molecule has 0 aliphatic rings. The molecule has 0 bridgehead atoms. The Labute approximate surface area is 154 Å². The lowest BCUT2D eigenvalue weighted by Crippen LogP contribution is -2.17. The summed E-state index contributed by atoms with van der Waals surface area (Å²) in [4.78, 5) is 13.1. The van der Waals surface area contributed by atoms with E-state index in [0.29, 0.717) is 23.0 Å². The van der Waals surface area contributed by atoms with Gasteiger partial charge in [0.05, 0.1) is 28.4 Å². The third-order valence-electron chi connectivity index (χ3n) is 4.60. The first-order valence-corrected chi connectivity index (χ1v) is 8.43. The lowest BCUT2D eigenvalue weighted by molar-refractivity contribution is -0.121. The van der Waals surface area contributed by atoms with E-state index in [1.165, 1.54) is 0 Å². The molecule has 0 aliphatic carbocycles. The summed E-state index contributed by atoms with van der Waals surface area (Å²) in [7, 11) is 6.37. The molecular weight excluding hydrogens is 332 g/mol. The molecule has 0 spiro atoms. The van der Waals surface area contributed by atoms with Gasteiger partial charge in [0.2, 0.25) is 0 Å². The molecule has 0 aliphatic heterocycles. The first-order valence-electron chi connectivity index (χ1n) is 8.43. The summed E-state index contributed by atoms with van der Waals surface area (Å²) in [5, 5.41) is 0. The van der Waals surface area contributed by atoms with E-state index in [-0.39, 0.29) is 17.6 Å². The van der Waals surface area contributed by atoms with E-state index in [1.54, 1.807) is 40.6 Å². The van der Waals surface area contributed by atoms with Crippen molar-refractivity contribution in [1.82, 2.24) is 0 Å². The van der Waals surface area contributed by atoms with Gasteiger partial charge in [-0.1, -0.05) is 13.8 Å². The second-order valence-electron chi connectivity index (χ2n) is 6.14. The summed E-state index contributed by atoms with van der Waals surface area (Å²) in [6.45, 7) is 3.79. The highest BCUT2D eigenvalue weighted by atomic mass is 16.5. The molecule has 2 atom stereocenters. The molecule has 2 aromatic rings. The molecule has 0 fully saturated rings. The molecule has 2 aromatic carbocycles. The Morgan fingerprint density at radius 1 is 0.615 bits per heavy atom. The Hall–Kier alpha value is -2.69. The smallest absolute Gasteiger partial charge is 0.147 e. The molecule has 5 nitrogen and oxygen atoms in total. The van der Waals surface area contributed by atoms with Gasteiger partial charge in [-0.05, 0) is 35.4 Å². The summed E-state index contributed by atoms with van der Waals surface area (Å²) in [6.07, 6.45) is 0. The minimum absolute atomic E-state index is 0.0932. The quantitative estimate of drug-likeness (QED) is 0.708. The molecule has 0 heterocycles. The number of hydrogen-bond donors (Lipinski definition) is 0. The zero-order valence-electron chi connectivity index (χ0n) is 16.2. The molecule has 0 aromatic heterocycles. The third kappa shape index (κ3) is 4.28. The summed E-state index contributed by atoms with van der Waals surface area (Å²) < 4.78 is 21.2. The van der Waals surface area contributed by atoms with Crippen LogP contribution in [0.1, 0.15) is 36.8 Å². The first-order chi connectivity index (χ1) is 12.4. The number of ketones is 1. The van der Waals surface area contributed by atoms with Crippen LogP contribution in [0.5, 0.6) is 23.0 Å².